The molecule has 2 rings (SSSR count). The molecular weight excluding hydrogens is 286 g/mol. The first-order chi connectivity index (χ1) is 9.51. The fourth-order valence-corrected chi connectivity index (χ4v) is 5.13. The van der Waals surface area contributed by atoms with E-state index in [0.717, 1.165) is 19.3 Å². The number of aromatic nitrogens is 1. The van der Waals surface area contributed by atoms with Crippen LogP contribution in [0.15, 0.2) is 23.4 Å². The summed E-state index contributed by atoms with van der Waals surface area (Å²) in [4.78, 5) is 3.91. The van der Waals surface area contributed by atoms with Gasteiger partial charge in [-0.3, -0.25) is 0 Å². The lowest BCUT2D eigenvalue weighted by molar-refractivity contribution is 0.0934. The second-order valence-electron chi connectivity index (χ2n) is 7.63. The van der Waals surface area contributed by atoms with E-state index in [4.69, 9.17) is 5.73 Å². The minimum Gasteiger partial charge on any atom is -0.396 e. The van der Waals surface area contributed by atoms with Gasteiger partial charge in [0.1, 0.15) is 0 Å². The highest BCUT2D eigenvalue weighted by atomic mass is 32.2. The van der Waals surface area contributed by atoms with Gasteiger partial charge < -0.3 is 5.73 Å². The molecule has 5 nitrogen and oxygen atoms in total. The lowest BCUT2D eigenvalue weighted by atomic mass is 9.64. The fourth-order valence-electron chi connectivity index (χ4n) is 3.83. The minimum absolute atomic E-state index is 0.0776. The summed E-state index contributed by atoms with van der Waals surface area (Å²) in [5.41, 5.74) is 6.15. The van der Waals surface area contributed by atoms with Crippen molar-refractivity contribution in [3.05, 3.63) is 18.3 Å². The van der Waals surface area contributed by atoms with Crippen molar-refractivity contribution in [2.24, 2.45) is 10.8 Å². The van der Waals surface area contributed by atoms with E-state index in [1.807, 2.05) is 0 Å². The summed E-state index contributed by atoms with van der Waals surface area (Å²) < 4.78 is 27.8. The molecule has 3 N–H and O–H groups in total. The van der Waals surface area contributed by atoms with Gasteiger partial charge in [-0.05, 0) is 42.2 Å². The lowest BCUT2D eigenvalue weighted by Crippen LogP contribution is -2.46. The number of pyridine rings is 1. The third-order valence-corrected chi connectivity index (χ3v) is 5.43. The van der Waals surface area contributed by atoms with Gasteiger partial charge in [0.2, 0.25) is 0 Å². The van der Waals surface area contributed by atoms with Crippen LogP contribution in [0.3, 0.4) is 0 Å². The minimum atomic E-state index is -3.68. The van der Waals surface area contributed by atoms with Gasteiger partial charge in [0, 0.05) is 12.2 Å². The zero-order chi connectivity index (χ0) is 15.9. The Bertz CT molecular complexity index is 608. The smallest absolute Gasteiger partial charge is 0.260 e. The topological polar surface area (TPSA) is 85.1 Å². The summed E-state index contributed by atoms with van der Waals surface area (Å²) in [6.07, 6.45) is 4.18. The fraction of sp³-hybridized carbons (Fsp3) is 0.667. The maximum absolute atomic E-state index is 12.5. The van der Waals surface area contributed by atoms with Crippen LogP contribution in [-0.4, -0.2) is 19.4 Å². The summed E-state index contributed by atoms with van der Waals surface area (Å²) in [6.45, 7) is 8.74. The van der Waals surface area contributed by atoms with Gasteiger partial charge in [0.15, 0.2) is 5.03 Å². The summed E-state index contributed by atoms with van der Waals surface area (Å²) in [6, 6.07) is 3.09. The molecule has 0 radical (unpaired) electrons. The van der Waals surface area contributed by atoms with Gasteiger partial charge >= 0.3 is 0 Å². The second kappa shape index (κ2) is 5.25. The molecule has 1 aromatic rings. The summed E-state index contributed by atoms with van der Waals surface area (Å²) in [5.74, 6) is 0. The zero-order valence-corrected chi connectivity index (χ0v) is 14.0. The summed E-state index contributed by atoms with van der Waals surface area (Å²) >= 11 is 0. The lowest BCUT2D eigenvalue weighted by Gasteiger charge is -2.44. The Hall–Kier alpha value is -1.14. The van der Waals surface area contributed by atoms with Crippen molar-refractivity contribution in [2.45, 2.75) is 58.0 Å². The number of anilines is 1. The van der Waals surface area contributed by atoms with Crippen LogP contribution in [0.2, 0.25) is 0 Å². The average molecular weight is 311 g/mol. The molecule has 118 valence electrons. The molecule has 21 heavy (non-hydrogen) atoms. The molecule has 0 amide bonds. The number of nitrogens with two attached hydrogens (primary N) is 1. The number of nitrogens with zero attached hydrogens (tertiary/aromatic N) is 1. The summed E-state index contributed by atoms with van der Waals surface area (Å²) in [7, 11) is -3.68. The van der Waals surface area contributed by atoms with Crippen LogP contribution in [-0.2, 0) is 10.0 Å². The maximum Gasteiger partial charge on any atom is 0.260 e. The Kier molecular flexibility index (Phi) is 4.06. The van der Waals surface area contributed by atoms with Crippen LogP contribution in [0, 0.1) is 10.8 Å². The number of nitrogens with one attached hydrogen (secondary N) is 1. The average Bonchev–Trinajstić information content (AvgIpc) is 2.23. The molecule has 6 heteroatoms. The molecule has 1 saturated carbocycles. The number of rotatable bonds is 3. The maximum atomic E-state index is 12.5. The van der Waals surface area contributed by atoms with Crippen LogP contribution >= 0.6 is 0 Å². The third kappa shape index (κ3) is 3.95. The molecule has 0 bridgehead atoms. The first-order valence-electron chi connectivity index (χ1n) is 7.24. The van der Waals surface area contributed by atoms with Crippen molar-refractivity contribution in [1.82, 2.24) is 9.71 Å². The molecule has 0 atom stereocenters. The predicted octanol–water partition coefficient (Wildman–Crippen LogP) is 2.55. The van der Waals surface area contributed by atoms with Gasteiger partial charge in [-0.2, -0.15) is 0 Å². The molecule has 0 spiro atoms. The Morgan fingerprint density at radius 2 is 1.81 bits per heavy atom. The first-order valence-corrected chi connectivity index (χ1v) is 8.72. The number of hydrogen-bond acceptors (Lipinski definition) is 4. The monoisotopic (exact) mass is 311 g/mol. The summed E-state index contributed by atoms with van der Waals surface area (Å²) in [5, 5.41) is -0.0776. The van der Waals surface area contributed by atoms with E-state index in [0.29, 0.717) is 0 Å². The zero-order valence-electron chi connectivity index (χ0n) is 13.2. The van der Waals surface area contributed by atoms with E-state index in [2.05, 4.69) is 37.4 Å². The highest BCUT2D eigenvalue weighted by Gasteiger charge is 2.40. The highest BCUT2D eigenvalue weighted by Crippen LogP contribution is 2.45. The number of sulfonamides is 1. The SMILES string of the molecule is CC1(C)CC(NS(=O)(=O)c2ncccc2N)CC(C)(C)C1. The van der Waals surface area contributed by atoms with Gasteiger partial charge in [0.05, 0.1) is 5.69 Å². The van der Waals surface area contributed by atoms with E-state index in [-0.39, 0.29) is 27.6 Å². The van der Waals surface area contributed by atoms with Crippen LogP contribution in [0.25, 0.3) is 0 Å². The molecule has 0 saturated heterocycles. The van der Waals surface area contributed by atoms with Crippen molar-refractivity contribution < 1.29 is 8.42 Å². The van der Waals surface area contributed by atoms with Crippen molar-refractivity contribution in [1.29, 1.82) is 0 Å². The van der Waals surface area contributed by atoms with Crippen LogP contribution in [0.1, 0.15) is 47.0 Å². The van der Waals surface area contributed by atoms with Gasteiger partial charge in [-0.1, -0.05) is 27.7 Å². The Labute approximate surface area is 127 Å². The van der Waals surface area contributed by atoms with Gasteiger partial charge in [0.25, 0.3) is 10.0 Å². The molecule has 1 heterocycles. The largest absolute Gasteiger partial charge is 0.396 e. The molecule has 1 aromatic heterocycles. The third-order valence-electron chi connectivity index (χ3n) is 3.93. The van der Waals surface area contributed by atoms with E-state index in [9.17, 15) is 8.42 Å². The predicted molar refractivity (Wildman–Crippen MR) is 84.2 cm³/mol. The molecule has 0 aromatic carbocycles. The first kappa shape index (κ1) is 16.2. The van der Waals surface area contributed by atoms with Crippen molar-refractivity contribution >= 4 is 15.7 Å². The molecule has 1 fully saturated rings. The van der Waals surface area contributed by atoms with Crippen molar-refractivity contribution in [3.63, 3.8) is 0 Å². The second-order valence-corrected chi connectivity index (χ2v) is 9.26. The van der Waals surface area contributed by atoms with E-state index in [1.165, 1.54) is 6.20 Å². The van der Waals surface area contributed by atoms with Crippen LogP contribution in [0.4, 0.5) is 5.69 Å². The molecule has 1 aliphatic carbocycles. The van der Waals surface area contributed by atoms with E-state index >= 15 is 0 Å². The van der Waals surface area contributed by atoms with Crippen LogP contribution in [0.5, 0.6) is 0 Å². The van der Waals surface area contributed by atoms with E-state index < -0.39 is 10.0 Å². The Balaban J connectivity index is 2.23. The standard InChI is InChI=1S/C15H25N3O2S/c1-14(2)8-11(9-15(3,4)10-14)18-21(19,20)13-12(16)6-5-7-17-13/h5-7,11,18H,8-10,16H2,1-4H3. The van der Waals surface area contributed by atoms with Crippen molar-refractivity contribution in [3.8, 4) is 0 Å². The Morgan fingerprint density at radius 3 is 2.33 bits per heavy atom. The normalized spacial score (nSPS) is 22.1. The molecule has 0 unspecified atom stereocenters. The quantitative estimate of drug-likeness (QED) is 0.898. The Morgan fingerprint density at radius 1 is 1.24 bits per heavy atom. The van der Waals surface area contributed by atoms with Crippen LogP contribution < -0.4 is 10.5 Å². The molecule has 1 aliphatic rings. The van der Waals surface area contributed by atoms with Crippen molar-refractivity contribution in [2.75, 3.05) is 5.73 Å². The van der Waals surface area contributed by atoms with Gasteiger partial charge in [-0.15, -0.1) is 0 Å². The van der Waals surface area contributed by atoms with E-state index in [1.54, 1.807) is 12.1 Å². The number of hydrogen-bond donors (Lipinski definition) is 2. The highest BCUT2D eigenvalue weighted by molar-refractivity contribution is 7.89. The number of nitrogen functional groups attached to an aromatic ring is 1. The van der Waals surface area contributed by atoms with Gasteiger partial charge in [-0.25, -0.2) is 18.1 Å². The molecule has 0 aliphatic heterocycles. The molecular formula is C15H25N3O2S.